The molecule has 5 atom stereocenters. The summed E-state index contributed by atoms with van der Waals surface area (Å²) < 4.78 is 5.39. The van der Waals surface area contributed by atoms with Crippen molar-refractivity contribution in [1.82, 2.24) is 15.1 Å². The van der Waals surface area contributed by atoms with E-state index in [9.17, 15) is 19.5 Å². The molecule has 3 heterocycles. The molecule has 0 bridgehead atoms. The number of ketones is 1. The summed E-state index contributed by atoms with van der Waals surface area (Å²) in [4.78, 5) is 45.1. The number of ether oxygens (including phenoxy) is 1. The molecule has 0 spiro atoms. The minimum atomic E-state index is -0.904. The van der Waals surface area contributed by atoms with Crippen LogP contribution in [0.2, 0.25) is 0 Å². The van der Waals surface area contributed by atoms with Crippen LogP contribution >= 0.6 is 0 Å². The Hall–Kier alpha value is -2.49. The highest BCUT2D eigenvalue weighted by molar-refractivity contribution is 5.99. The van der Waals surface area contributed by atoms with Crippen LogP contribution in [-0.2, 0) is 14.3 Å². The second kappa shape index (κ2) is 10.6. The Balaban J connectivity index is 1.42. The number of aliphatic hydroxyl groups excluding tert-OH is 1. The number of benzene rings is 1. The van der Waals surface area contributed by atoms with Crippen molar-refractivity contribution in [1.29, 1.82) is 0 Å². The first-order chi connectivity index (χ1) is 16.7. The normalized spacial score (nSPS) is 26.7. The zero-order chi connectivity index (χ0) is 25.3. The van der Waals surface area contributed by atoms with Crippen molar-refractivity contribution >= 4 is 23.3 Å². The Kier molecular flexibility index (Phi) is 7.78. The van der Waals surface area contributed by atoms with Crippen LogP contribution < -0.4 is 10.2 Å². The van der Waals surface area contributed by atoms with Crippen molar-refractivity contribution in [2.45, 2.75) is 64.4 Å². The summed E-state index contributed by atoms with van der Waals surface area (Å²) in [5, 5.41) is 13.2. The number of piperazine rings is 1. The fourth-order valence-corrected chi connectivity index (χ4v) is 5.26. The Morgan fingerprint density at radius 2 is 1.77 bits per heavy atom. The van der Waals surface area contributed by atoms with Gasteiger partial charge < -0.3 is 25.0 Å². The van der Waals surface area contributed by atoms with Gasteiger partial charge in [-0.25, -0.2) is 0 Å². The highest BCUT2D eigenvalue weighted by atomic mass is 16.5. The molecule has 9 nitrogen and oxygen atoms in total. The van der Waals surface area contributed by atoms with Gasteiger partial charge in [0.05, 0.1) is 6.54 Å². The van der Waals surface area contributed by atoms with Crippen LogP contribution in [0.4, 0.5) is 5.69 Å². The number of likely N-dealkylation sites (tertiary alicyclic amines) is 1. The van der Waals surface area contributed by atoms with Crippen LogP contribution in [0.1, 0.15) is 44.5 Å². The number of hydrogen-bond acceptors (Lipinski definition) is 7. The molecule has 1 aromatic carbocycles. The zero-order valence-corrected chi connectivity index (χ0v) is 21.1. The van der Waals surface area contributed by atoms with Gasteiger partial charge in [-0.05, 0) is 44.0 Å². The fourth-order valence-electron chi connectivity index (χ4n) is 5.26. The quantitative estimate of drug-likeness (QED) is 0.590. The number of carbonyl (C=O) groups is 3. The lowest BCUT2D eigenvalue weighted by atomic mass is 9.96. The van der Waals surface area contributed by atoms with E-state index in [1.807, 2.05) is 26.0 Å². The highest BCUT2D eigenvalue weighted by Gasteiger charge is 2.53. The Labute approximate surface area is 207 Å². The largest absolute Gasteiger partial charge is 0.388 e. The summed E-state index contributed by atoms with van der Waals surface area (Å²) in [5.41, 5.74) is 1.56. The second-order valence-electron chi connectivity index (χ2n) is 10.2. The van der Waals surface area contributed by atoms with Crippen LogP contribution in [0.3, 0.4) is 0 Å². The molecule has 3 aliphatic rings. The monoisotopic (exact) mass is 486 g/mol. The van der Waals surface area contributed by atoms with Gasteiger partial charge >= 0.3 is 0 Å². The minimum absolute atomic E-state index is 0.0292. The lowest BCUT2D eigenvalue weighted by molar-refractivity contribution is -0.139. The van der Waals surface area contributed by atoms with Gasteiger partial charge in [-0.1, -0.05) is 20.3 Å². The summed E-state index contributed by atoms with van der Waals surface area (Å²) >= 11 is 0. The number of amides is 2. The molecule has 0 unspecified atom stereocenters. The summed E-state index contributed by atoms with van der Waals surface area (Å²) in [6.07, 6.45) is -0.916. The van der Waals surface area contributed by atoms with E-state index in [0.717, 1.165) is 31.9 Å². The molecule has 192 valence electrons. The van der Waals surface area contributed by atoms with Crippen LogP contribution in [-0.4, -0.2) is 102 Å². The summed E-state index contributed by atoms with van der Waals surface area (Å²) in [6.45, 7) is 12.1. The number of Topliss-reactive ketones (excluding diaryl/α,β-unsaturated/α-hetero) is 1. The smallest absolute Gasteiger partial charge is 0.251 e. The van der Waals surface area contributed by atoms with Crippen molar-refractivity contribution in [2.75, 3.05) is 44.2 Å². The predicted molar refractivity (Wildman–Crippen MR) is 132 cm³/mol. The van der Waals surface area contributed by atoms with Crippen LogP contribution in [0, 0.1) is 5.92 Å². The van der Waals surface area contributed by atoms with Crippen LogP contribution in [0.5, 0.6) is 0 Å². The van der Waals surface area contributed by atoms with Crippen molar-refractivity contribution in [3.63, 3.8) is 0 Å². The van der Waals surface area contributed by atoms with Crippen LogP contribution in [0.25, 0.3) is 0 Å². The first-order valence-corrected chi connectivity index (χ1v) is 12.7. The number of fused-ring (bicyclic) bond motifs is 1. The third kappa shape index (κ3) is 5.22. The Morgan fingerprint density at radius 1 is 1.11 bits per heavy atom. The lowest BCUT2D eigenvalue weighted by Gasteiger charge is -2.38. The maximum Gasteiger partial charge on any atom is 0.251 e. The molecule has 0 saturated carbocycles. The van der Waals surface area contributed by atoms with Gasteiger partial charge in [-0.3, -0.25) is 19.3 Å². The van der Waals surface area contributed by atoms with Crippen molar-refractivity contribution < 1.29 is 24.2 Å². The molecule has 1 aromatic rings. The van der Waals surface area contributed by atoms with E-state index in [2.05, 4.69) is 29.0 Å². The maximum absolute atomic E-state index is 13.5. The van der Waals surface area contributed by atoms with Gasteiger partial charge in [0, 0.05) is 43.5 Å². The summed E-state index contributed by atoms with van der Waals surface area (Å²) in [5.74, 6) is -1.03. The van der Waals surface area contributed by atoms with Crippen molar-refractivity contribution in [2.24, 2.45) is 5.92 Å². The fraction of sp³-hybridized carbons (Fsp3) is 0.654. The lowest BCUT2D eigenvalue weighted by Crippen LogP contribution is -2.54. The molecule has 0 aliphatic carbocycles. The number of nitrogens with one attached hydrogen (secondary N) is 1. The Bertz CT molecular complexity index is 928. The van der Waals surface area contributed by atoms with Crippen LogP contribution in [0.15, 0.2) is 24.3 Å². The standard InChI is InChI=1S/C26H38N4O5/c1-5-17(4)22(26(34)30-14-20(31)24-23(30)21(32)15-35-24)27-25(33)18-6-8-19(9-7-18)29-12-10-28(11-13-29)16(2)3/h6-9,16-17,20,22-24,31H,5,10-15H2,1-4H3,(H,27,33)/t17-,20-,22-,23+,24+/m0/s1. The number of β-amino-alcohol motifs (C(OH)–C–C–N with tert-alkyl or cyclic N) is 1. The van der Waals surface area contributed by atoms with E-state index in [0.29, 0.717) is 18.0 Å². The molecule has 3 aliphatic heterocycles. The van der Waals surface area contributed by atoms with Crippen molar-refractivity contribution in [3.05, 3.63) is 29.8 Å². The molecule has 35 heavy (non-hydrogen) atoms. The number of nitrogens with zero attached hydrogens (tertiary/aromatic N) is 3. The third-order valence-corrected chi connectivity index (χ3v) is 7.75. The van der Waals surface area contributed by atoms with Gasteiger partial charge in [-0.15, -0.1) is 0 Å². The van der Waals surface area contributed by atoms with E-state index in [1.165, 1.54) is 4.90 Å². The van der Waals surface area contributed by atoms with E-state index >= 15 is 0 Å². The predicted octanol–water partition coefficient (Wildman–Crippen LogP) is 0.901. The number of anilines is 1. The number of rotatable bonds is 7. The highest BCUT2D eigenvalue weighted by Crippen LogP contribution is 2.29. The molecule has 3 fully saturated rings. The number of hydrogen-bond donors (Lipinski definition) is 2. The third-order valence-electron chi connectivity index (χ3n) is 7.75. The average molecular weight is 487 g/mol. The average Bonchev–Trinajstić information content (AvgIpc) is 3.41. The van der Waals surface area contributed by atoms with E-state index in [-0.39, 0.29) is 36.7 Å². The molecule has 0 radical (unpaired) electrons. The van der Waals surface area contributed by atoms with Gasteiger partial charge in [0.1, 0.15) is 30.9 Å². The van der Waals surface area contributed by atoms with Crippen molar-refractivity contribution in [3.8, 4) is 0 Å². The molecule has 4 rings (SSSR count). The summed E-state index contributed by atoms with van der Waals surface area (Å²) in [7, 11) is 0. The zero-order valence-electron chi connectivity index (χ0n) is 21.1. The van der Waals surface area contributed by atoms with Gasteiger partial charge in [0.25, 0.3) is 5.91 Å². The van der Waals surface area contributed by atoms with E-state index in [1.54, 1.807) is 12.1 Å². The molecule has 0 aromatic heterocycles. The second-order valence-corrected chi connectivity index (χ2v) is 10.2. The van der Waals surface area contributed by atoms with Gasteiger partial charge in [0.15, 0.2) is 5.78 Å². The first kappa shape index (κ1) is 25.6. The molecule has 9 heteroatoms. The molecular weight excluding hydrogens is 448 g/mol. The van der Waals surface area contributed by atoms with Gasteiger partial charge in [0.2, 0.25) is 5.91 Å². The number of aliphatic hydroxyl groups is 1. The Morgan fingerprint density at radius 3 is 2.37 bits per heavy atom. The molecule has 2 amide bonds. The SMILES string of the molecule is CC[C@H](C)[C@H](NC(=O)c1ccc(N2CCN(C(C)C)CC2)cc1)C(=O)N1C[C@H](O)[C@H]2OCC(=O)[C@H]21. The first-order valence-electron chi connectivity index (χ1n) is 12.7. The number of carbonyl (C=O) groups excluding carboxylic acids is 3. The minimum Gasteiger partial charge on any atom is -0.388 e. The molecule has 3 saturated heterocycles. The van der Waals surface area contributed by atoms with Gasteiger partial charge in [-0.2, -0.15) is 0 Å². The molecule has 2 N–H and O–H groups in total. The van der Waals surface area contributed by atoms with E-state index in [4.69, 9.17) is 4.74 Å². The molecular formula is C26H38N4O5. The maximum atomic E-state index is 13.5. The van der Waals surface area contributed by atoms with E-state index < -0.39 is 24.3 Å². The topological polar surface area (TPSA) is 102 Å². The summed E-state index contributed by atoms with van der Waals surface area (Å²) in [6, 6.07) is 6.46.